The van der Waals surface area contributed by atoms with Crippen molar-refractivity contribution in [2.75, 3.05) is 10.8 Å². The van der Waals surface area contributed by atoms with Crippen LogP contribution in [0.1, 0.15) is 20.3 Å². The molecule has 1 aliphatic rings. The number of carbonyl (C=O) groups excluding carboxylic acids is 1. The molecule has 3 rings (SSSR count). The van der Waals surface area contributed by atoms with Crippen molar-refractivity contribution >= 4 is 21.8 Å². The number of phenolic OH excluding ortho intramolecular Hbond substituents is 1. The molecular formula is C16H19FN4O4S. The minimum Gasteiger partial charge on any atom is -0.508 e. The summed E-state index contributed by atoms with van der Waals surface area (Å²) in [5.41, 5.74) is 0.0120. The molecule has 0 unspecified atom stereocenters. The van der Waals surface area contributed by atoms with Crippen molar-refractivity contribution in [1.82, 2.24) is 14.5 Å². The average Bonchev–Trinajstić information content (AvgIpc) is 3.10. The maximum absolute atomic E-state index is 15.0. The van der Waals surface area contributed by atoms with E-state index in [0.717, 1.165) is 12.5 Å². The Labute approximate surface area is 150 Å². The number of phenols is 1. The molecular weight excluding hydrogens is 363 g/mol. The number of aryl methyl sites for hydroxylation is 1. The lowest BCUT2D eigenvalue weighted by Crippen LogP contribution is -2.30. The van der Waals surface area contributed by atoms with Gasteiger partial charge in [0.15, 0.2) is 5.82 Å². The van der Waals surface area contributed by atoms with E-state index in [4.69, 9.17) is 0 Å². The zero-order valence-corrected chi connectivity index (χ0v) is 15.1. The van der Waals surface area contributed by atoms with Gasteiger partial charge in [-0.1, -0.05) is 13.8 Å². The van der Waals surface area contributed by atoms with Crippen LogP contribution in [0.25, 0.3) is 11.1 Å². The Morgan fingerprint density at radius 2 is 2.12 bits per heavy atom. The van der Waals surface area contributed by atoms with Gasteiger partial charge < -0.3 is 5.11 Å². The fourth-order valence-corrected chi connectivity index (χ4v) is 3.80. The zero-order valence-electron chi connectivity index (χ0n) is 14.3. The summed E-state index contributed by atoms with van der Waals surface area (Å²) in [6.07, 6.45) is 3.98. The molecule has 2 N–H and O–H groups in total. The number of amides is 1. The van der Waals surface area contributed by atoms with Crippen LogP contribution in [0.3, 0.4) is 0 Å². The Hall–Kier alpha value is -2.62. The van der Waals surface area contributed by atoms with Crippen molar-refractivity contribution in [2.45, 2.75) is 26.8 Å². The lowest BCUT2D eigenvalue weighted by molar-refractivity contribution is -0.117. The highest BCUT2D eigenvalue weighted by Gasteiger charge is 2.36. The molecule has 0 radical (unpaired) electrons. The highest BCUT2D eigenvalue weighted by Crippen LogP contribution is 2.35. The predicted octanol–water partition coefficient (Wildman–Crippen LogP) is 1.62. The number of anilines is 1. The van der Waals surface area contributed by atoms with Gasteiger partial charge >= 0.3 is 10.2 Å². The van der Waals surface area contributed by atoms with Crippen molar-refractivity contribution in [3.8, 4) is 16.9 Å². The third kappa shape index (κ3) is 3.50. The first-order chi connectivity index (χ1) is 12.2. The van der Waals surface area contributed by atoms with Crippen LogP contribution in [0.15, 0.2) is 24.5 Å². The van der Waals surface area contributed by atoms with Crippen LogP contribution >= 0.6 is 0 Å². The number of aromatic hydroxyl groups is 1. The first kappa shape index (κ1) is 18.2. The largest absolute Gasteiger partial charge is 0.508 e. The molecule has 0 spiro atoms. The Bertz CT molecular complexity index is 955. The number of aromatic nitrogens is 2. The predicted molar refractivity (Wildman–Crippen MR) is 93.1 cm³/mol. The van der Waals surface area contributed by atoms with Crippen LogP contribution in [0.5, 0.6) is 5.75 Å². The summed E-state index contributed by atoms with van der Waals surface area (Å²) < 4.78 is 43.0. The van der Waals surface area contributed by atoms with Crippen LogP contribution in [-0.4, -0.2) is 35.8 Å². The number of hydrogen-bond acceptors (Lipinski definition) is 5. The summed E-state index contributed by atoms with van der Waals surface area (Å²) in [5, 5.41) is 14.1. The Morgan fingerprint density at radius 3 is 2.73 bits per heavy atom. The normalized spacial score (nSPS) is 16.3. The minimum absolute atomic E-state index is 0.00495. The molecule has 10 heteroatoms. The maximum Gasteiger partial charge on any atom is 0.326 e. The molecule has 140 valence electrons. The fourth-order valence-electron chi connectivity index (χ4n) is 2.66. The summed E-state index contributed by atoms with van der Waals surface area (Å²) in [6, 6.07) is 2.17. The third-order valence-electron chi connectivity index (χ3n) is 4.01. The number of halogens is 1. The molecule has 1 amide bonds. The number of carbonyl (C=O) groups is 1. The van der Waals surface area contributed by atoms with Gasteiger partial charge in [0.1, 0.15) is 12.3 Å². The van der Waals surface area contributed by atoms with Crippen molar-refractivity contribution in [1.29, 1.82) is 0 Å². The minimum atomic E-state index is -4.18. The summed E-state index contributed by atoms with van der Waals surface area (Å²) >= 11 is 0. The molecule has 2 heterocycles. The van der Waals surface area contributed by atoms with Crippen LogP contribution in [-0.2, 0) is 21.5 Å². The fraction of sp³-hybridized carbons (Fsp3) is 0.375. The van der Waals surface area contributed by atoms with Crippen LogP contribution in [0.2, 0.25) is 0 Å². The van der Waals surface area contributed by atoms with Gasteiger partial charge in [-0.05, 0) is 18.4 Å². The van der Waals surface area contributed by atoms with Gasteiger partial charge in [-0.15, -0.1) is 0 Å². The van der Waals surface area contributed by atoms with Crippen molar-refractivity contribution in [3.05, 3.63) is 30.3 Å². The van der Waals surface area contributed by atoms with E-state index in [1.807, 2.05) is 0 Å². The highest BCUT2D eigenvalue weighted by molar-refractivity contribution is 7.92. The maximum atomic E-state index is 15.0. The van der Waals surface area contributed by atoms with Gasteiger partial charge in [0.25, 0.3) is 5.91 Å². The second-order valence-electron chi connectivity index (χ2n) is 6.54. The first-order valence-electron chi connectivity index (χ1n) is 8.06. The van der Waals surface area contributed by atoms with Crippen molar-refractivity contribution in [3.63, 3.8) is 0 Å². The van der Waals surface area contributed by atoms with Crippen LogP contribution in [0, 0.1) is 11.7 Å². The van der Waals surface area contributed by atoms with E-state index in [2.05, 4.69) is 18.9 Å². The van der Waals surface area contributed by atoms with Gasteiger partial charge in [0.05, 0.1) is 11.9 Å². The molecule has 0 atom stereocenters. The van der Waals surface area contributed by atoms with E-state index in [9.17, 15) is 22.7 Å². The monoisotopic (exact) mass is 382 g/mol. The number of rotatable bonds is 5. The molecule has 0 saturated carbocycles. The number of nitrogens with zero attached hydrogens (tertiary/aromatic N) is 3. The number of hydrogen-bond donors (Lipinski definition) is 2. The van der Waals surface area contributed by atoms with Crippen molar-refractivity contribution in [2.24, 2.45) is 5.92 Å². The molecule has 26 heavy (non-hydrogen) atoms. The second-order valence-corrected chi connectivity index (χ2v) is 8.13. The summed E-state index contributed by atoms with van der Waals surface area (Å²) in [4.78, 5) is 11.4. The average molecular weight is 382 g/mol. The Balaban J connectivity index is 2.00. The van der Waals surface area contributed by atoms with Crippen LogP contribution < -0.4 is 9.03 Å². The Kier molecular flexibility index (Phi) is 4.61. The molecule has 0 bridgehead atoms. The van der Waals surface area contributed by atoms with Gasteiger partial charge in [0, 0.05) is 29.9 Å². The lowest BCUT2D eigenvalue weighted by atomic mass is 10.1. The molecule has 2 aromatic rings. The van der Waals surface area contributed by atoms with E-state index in [0.29, 0.717) is 22.3 Å². The number of benzene rings is 1. The molecule has 1 saturated heterocycles. The number of nitrogens with one attached hydrogen (secondary N) is 1. The standard InChI is InChI=1S/C16H19FN4O4S/c1-10(2)3-4-20-8-11(7-18-20)13-5-12(22)6-14(16(13)17)21-9-15(23)19-26(21,24)25/h5-8,10,22H,3-4,9H2,1-2H3,(H,19,23). The van der Waals surface area contributed by atoms with E-state index >= 15 is 0 Å². The van der Waals surface area contributed by atoms with E-state index < -0.39 is 34.2 Å². The van der Waals surface area contributed by atoms with Crippen molar-refractivity contribution < 1.29 is 22.7 Å². The SMILES string of the molecule is CC(C)CCn1cc(-c2cc(O)cc(N3CC(=O)NS3(=O)=O)c2F)cn1. The lowest BCUT2D eigenvalue weighted by Gasteiger charge is -2.17. The summed E-state index contributed by atoms with van der Waals surface area (Å²) in [6.45, 7) is 4.27. The van der Waals surface area contributed by atoms with E-state index in [1.165, 1.54) is 12.3 Å². The highest BCUT2D eigenvalue weighted by atomic mass is 32.2. The topological polar surface area (TPSA) is 105 Å². The molecule has 1 fully saturated rings. The van der Waals surface area contributed by atoms with Crippen LogP contribution in [0.4, 0.5) is 10.1 Å². The molecule has 1 aromatic heterocycles. The van der Waals surface area contributed by atoms with Gasteiger partial charge in [0.2, 0.25) is 0 Å². The molecule has 1 aliphatic heterocycles. The van der Waals surface area contributed by atoms with E-state index in [-0.39, 0.29) is 11.3 Å². The first-order valence-corrected chi connectivity index (χ1v) is 9.50. The second kappa shape index (κ2) is 6.60. The summed E-state index contributed by atoms with van der Waals surface area (Å²) in [7, 11) is -4.18. The van der Waals surface area contributed by atoms with E-state index in [1.54, 1.807) is 15.6 Å². The van der Waals surface area contributed by atoms with Gasteiger partial charge in [-0.25, -0.2) is 13.4 Å². The third-order valence-corrected chi connectivity index (χ3v) is 5.40. The van der Waals surface area contributed by atoms with Gasteiger partial charge in [-0.2, -0.15) is 13.5 Å². The smallest absolute Gasteiger partial charge is 0.326 e. The quantitative estimate of drug-likeness (QED) is 0.818. The Morgan fingerprint density at radius 1 is 1.38 bits per heavy atom. The zero-order chi connectivity index (χ0) is 19.1. The molecule has 0 aliphatic carbocycles. The molecule has 1 aromatic carbocycles. The molecule has 8 nitrogen and oxygen atoms in total. The van der Waals surface area contributed by atoms with Gasteiger partial charge in [-0.3, -0.25) is 9.48 Å². The summed E-state index contributed by atoms with van der Waals surface area (Å²) in [5.74, 6) is -1.46.